The predicted molar refractivity (Wildman–Crippen MR) is 171 cm³/mol. The van der Waals surface area contributed by atoms with E-state index in [0.717, 1.165) is 52.4 Å². The average Bonchev–Trinajstić information content (AvgIpc) is 3.43. The maximum absolute atomic E-state index is 15.6. The van der Waals surface area contributed by atoms with Crippen LogP contribution in [0.1, 0.15) is 77.2 Å². The van der Waals surface area contributed by atoms with E-state index in [4.69, 9.17) is 24.0 Å². The zero-order valence-electron chi connectivity index (χ0n) is 26.5. The number of alkyl carbamates (subject to hydrolysis) is 1. The fourth-order valence-corrected chi connectivity index (χ4v) is 5.95. The Morgan fingerprint density at radius 1 is 1.09 bits per heavy atom. The molecule has 1 aliphatic heterocycles. The molecule has 0 bridgehead atoms. The summed E-state index contributed by atoms with van der Waals surface area (Å²) in [5.41, 5.74) is 3.89. The lowest BCUT2D eigenvalue weighted by molar-refractivity contribution is -0.0366. The van der Waals surface area contributed by atoms with E-state index < -0.39 is 17.5 Å². The molecular weight excluding hydrogens is 573 g/mol. The Balaban J connectivity index is 1.29. The molecule has 238 valence electrons. The van der Waals surface area contributed by atoms with Crippen LogP contribution >= 0.6 is 0 Å². The number of carbonyl (C=O) groups is 1. The minimum atomic E-state index is -0.555. The monoisotopic (exact) mass is 615 g/mol. The Kier molecular flexibility index (Phi) is 8.99. The lowest BCUT2D eigenvalue weighted by atomic mass is 9.89. The fraction of sp³-hybridized carbons (Fsp3) is 0.444. The third-order valence-electron chi connectivity index (χ3n) is 8.30. The Bertz CT molecular complexity index is 1640. The number of aryl methyl sites for hydroxylation is 1. The first-order chi connectivity index (χ1) is 21.7. The number of nitrogens with zero attached hydrogens (tertiary/aromatic N) is 2. The molecule has 0 radical (unpaired) electrons. The van der Waals surface area contributed by atoms with Gasteiger partial charge >= 0.3 is 6.09 Å². The molecule has 1 amide bonds. The summed E-state index contributed by atoms with van der Waals surface area (Å²) in [7, 11) is 0. The number of ether oxygens (including phenoxy) is 4. The molecule has 0 spiro atoms. The summed E-state index contributed by atoms with van der Waals surface area (Å²) in [6, 6.07) is 17.1. The van der Waals surface area contributed by atoms with Crippen molar-refractivity contribution >= 4 is 17.0 Å². The summed E-state index contributed by atoms with van der Waals surface area (Å²) in [5.74, 6) is 0.493. The van der Waals surface area contributed by atoms with Crippen LogP contribution in [-0.2, 0) is 22.5 Å². The molecule has 1 atom stereocenters. The molecule has 45 heavy (non-hydrogen) atoms. The molecule has 9 heteroatoms. The molecule has 1 aliphatic carbocycles. The maximum atomic E-state index is 15.6. The number of nitrogens with one attached hydrogen (secondary N) is 1. The molecule has 3 aromatic carbocycles. The zero-order valence-corrected chi connectivity index (χ0v) is 26.5. The summed E-state index contributed by atoms with van der Waals surface area (Å²) >= 11 is 0. The van der Waals surface area contributed by atoms with E-state index in [0.29, 0.717) is 31.6 Å². The third kappa shape index (κ3) is 7.25. The highest BCUT2D eigenvalue weighted by molar-refractivity contribution is 5.91. The van der Waals surface area contributed by atoms with E-state index >= 15 is 4.39 Å². The third-order valence-corrected chi connectivity index (χ3v) is 8.30. The van der Waals surface area contributed by atoms with Gasteiger partial charge in [-0.05, 0) is 93.0 Å². The van der Waals surface area contributed by atoms with Crippen molar-refractivity contribution in [1.82, 2.24) is 15.1 Å². The van der Waals surface area contributed by atoms with Crippen molar-refractivity contribution in [2.24, 2.45) is 0 Å². The second-order valence-electron chi connectivity index (χ2n) is 12.9. The van der Waals surface area contributed by atoms with Gasteiger partial charge in [0.1, 0.15) is 24.1 Å². The van der Waals surface area contributed by atoms with Crippen LogP contribution in [0.4, 0.5) is 9.18 Å². The number of hydrogen-bond donors (Lipinski definition) is 1. The SMILES string of the molecule is CCc1cc(OCc2ccccc2)c(F)cc1-c1cc(OC2CC(NC(=O)OC(C)(C)C)C2)c2cnn(C3CCCCO3)c2c1. The number of aromatic nitrogens is 2. The molecule has 2 aliphatic rings. The lowest BCUT2D eigenvalue weighted by Gasteiger charge is -2.36. The number of rotatable bonds is 9. The first kappa shape index (κ1) is 30.9. The maximum Gasteiger partial charge on any atom is 0.407 e. The van der Waals surface area contributed by atoms with Crippen LogP contribution in [0.25, 0.3) is 22.0 Å². The highest BCUT2D eigenvalue weighted by Gasteiger charge is 2.34. The van der Waals surface area contributed by atoms with E-state index in [1.807, 2.05) is 68.0 Å². The van der Waals surface area contributed by atoms with Gasteiger partial charge in [-0.15, -0.1) is 0 Å². The van der Waals surface area contributed by atoms with Crippen LogP contribution in [0.2, 0.25) is 0 Å². The van der Waals surface area contributed by atoms with E-state index in [2.05, 4.69) is 18.3 Å². The standard InChI is InChI=1S/C36H42FN3O5/c1-5-24-16-33(43-22-23-11-7-6-8-12-23)30(37)20-28(24)25-15-31-29(21-38-40(31)34-13-9-10-14-42-34)32(17-25)44-27-18-26(19-27)39-35(41)45-36(2,3)4/h6-8,11-12,15-17,20-21,26-27,34H,5,9-10,13-14,18-19,22H2,1-4H3,(H,39,41). The molecule has 4 aromatic rings. The highest BCUT2D eigenvalue weighted by atomic mass is 19.1. The van der Waals surface area contributed by atoms with Gasteiger partial charge < -0.3 is 24.3 Å². The molecule has 1 saturated heterocycles. The molecular formula is C36H42FN3O5. The summed E-state index contributed by atoms with van der Waals surface area (Å²) in [6.45, 7) is 8.57. The number of benzene rings is 3. The van der Waals surface area contributed by atoms with Crippen LogP contribution in [0.15, 0.2) is 60.8 Å². The Morgan fingerprint density at radius 3 is 2.60 bits per heavy atom. The van der Waals surface area contributed by atoms with Crippen LogP contribution in [0, 0.1) is 5.82 Å². The number of carbonyl (C=O) groups excluding carboxylic acids is 1. The Labute approximate surface area is 263 Å². The molecule has 1 N–H and O–H groups in total. The van der Waals surface area contributed by atoms with Crippen molar-refractivity contribution in [3.8, 4) is 22.6 Å². The number of fused-ring (bicyclic) bond motifs is 1. The van der Waals surface area contributed by atoms with Crippen LogP contribution < -0.4 is 14.8 Å². The van der Waals surface area contributed by atoms with Gasteiger partial charge in [0.2, 0.25) is 0 Å². The average molecular weight is 616 g/mol. The van der Waals surface area contributed by atoms with Gasteiger partial charge in [0.25, 0.3) is 0 Å². The van der Waals surface area contributed by atoms with Gasteiger partial charge in [-0.3, -0.25) is 0 Å². The van der Waals surface area contributed by atoms with Crippen LogP contribution in [-0.4, -0.2) is 40.2 Å². The van der Waals surface area contributed by atoms with E-state index in [9.17, 15) is 4.79 Å². The van der Waals surface area contributed by atoms with Gasteiger partial charge in [0, 0.05) is 25.5 Å². The second kappa shape index (κ2) is 13.1. The number of halogens is 1. The zero-order chi connectivity index (χ0) is 31.6. The predicted octanol–water partition coefficient (Wildman–Crippen LogP) is 8.12. The molecule has 1 unspecified atom stereocenters. The van der Waals surface area contributed by atoms with E-state index in [-0.39, 0.29) is 30.7 Å². The van der Waals surface area contributed by atoms with Gasteiger partial charge in [0.15, 0.2) is 17.8 Å². The number of hydrogen-bond acceptors (Lipinski definition) is 6. The van der Waals surface area contributed by atoms with Crippen LogP contribution in [0.5, 0.6) is 11.5 Å². The quantitative estimate of drug-likeness (QED) is 0.205. The molecule has 2 fully saturated rings. The Hall–Kier alpha value is -4.11. The van der Waals surface area contributed by atoms with Gasteiger partial charge in [-0.1, -0.05) is 37.3 Å². The highest BCUT2D eigenvalue weighted by Crippen LogP contribution is 2.40. The first-order valence-corrected chi connectivity index (χ1v) is 16.0. The minimum absolute atomic E-state index is 0.0221. The fourth-order valence-electron chi connectivity index (χ4n) is 5.95. The summed E-state index contributed by atoms with van der Waals surface area (Å²) < 4.78 is 41.4. The van der Waals surface area contributed by atoms with Crippen LogP contribution in [0.3, 0.4) is 0 Å². The number of amides is 1. The first-order valence-electron chi connectivity index (χ1n) is 16.0. The van der Waals surface area contributed by atoms with Crippen molar-refractivity contribution in [3.63, 3.8) is 0 Å². The Morgan fingerprint density at radius 2 is 1.89 bits per heavy atom. The lowest BCUT2D eigenvalue weighted by Crippen LogP contribution is -2.50. The van der Waals surface area contributed by atoms with Crippen molar-refractivity contribution in [2.45, 2.75) is 96.8 Å². The van der Waals surface area contributed by atoms with Crippen molar-refractivity contribution < 1.29 is 28.1 Å². The molecule has 2 heterocycles. The topological polar surface area (TPSA) is 83.8 Å². The van der Waals surface area contributed by atoms with Gasteiger partial charge in [-0.2, -0.15) is 5.10 Å². The molecule has 8 nitrogen and oxygen atoms in total. The largest absolute Gasteiger partial charge is 0.489 e. The van der Waals surface area contributed by atoms with Gasteiger partial charge in [0.05, 0.1) is 17.1 Å². The smallest absolute Gasteiger partial charge is 0.407 e. The molecule has 1 aromatic heterocycles. The normalized spacial score (nSPS) is 20.0. The van der Waals surface area contributed by atoms with Crippen molar-refractivity contribution in [1.29, 1.82) is 0 Å². The van der Waals surface area contributed by atoms with Gasteiger partial charge in [-0.25, -0.2) is 13.9 Å². The van der Waals surface area contributed by atoms with E-state index in [1.54, 1.807) is 12.1 Å². The summed E-state index contributed by atoms with van der Waals surface area (Å²) in [4.78, 5) is 12.2. The van der Waals surface area contributed by atoms with Crippen molar-refractivity contribution in [3.05, 3.63) is 77.7 Å². The van der Waals surface area contributed by atoms with E-state index in [1.165, 1.54) is 0 Å². The minimum Gasteiger partial charge on any atom is -0.489 e. The summed E-state index contributed by atoms with van der Waals surface area (Å²) in [6.07, 6.45) is 6.14. The summed E-state index contributed by atoms with van der Waals surface area (Å²) in [5, 5.41) is 8.53. The van der Waals surface area contributed by atoms with Crippen molar-refractivity contribution in [2.75, 3.05) is 6.61 Å². The second-order valence-corrected chi connectivity index (χ2v) is 12.9. The molecule has 6 rings (SSSR count). The molecule has 1 saturated carbocycles.